The van der Waals surface area contributed by atoms with E-state index in [9.17, 15) is 30.7 Å². The molecule has 0 aliphatic rings. The number of aryl methyl sites for hydroxylation is 1. The third-order valence-corrected chi connectivity index (χ3v) is 2.99. The molecule has 1 rings (SSSR count). The van der Waals surface area contributed by atoms with E-state index in [4.69, 9.17) is 5.73 Å². The van der Waals surface area contributed by atoms with E-state index in [-0.39, 0.29) is 11.3 Å². The number of rotatable bonds is 1. The van der Waals surface area contributed by atoms with E-state index in [1.807, 2.05) is 0 Å². The Morgan fingerprint density at radius 2 is 1.41 bits per heavy atom. The molecule has 0 aliphatic carbocycles. The number of hydrogen-bond donors (Lipinski definition) is 1. The van der Waals surface area contributed by atoms with Crippen LogP contribution in [0.1, 0.15) is 10.6 Å². The number of aromatic nitrogens is 1. The van der Waals surface area contributed by atoms with Crippen molar-refractivity contribution in [2.24, 2.45) is 0 Å². The Morgan fingerprint density at radius 1 is 1.00 bits per heavy atom. The first-order valence-electron chi connectivity index (χ1n) is 3.97. The topological polar surface area (TPSA) is 38.9 Å². The minimum atomic E-state index is -6.13. The molecule has 0 aliphatic heterocycles. The summed E-state index contributed by atoms with van der Waals surface area (Å²) in [6.07, 6.45) is -12.3. The number of alkyl halides is 7. The zero-order valence-electron chi connectivity index (χ0n) is 8.08. The molecule has 1 heterocycles. The molecule has 0 radical (unpaired) electrons. The van der Waals surface area contributed by atoms with Crippen LogP contribution >= 0.6 is 11.3 Å². The summed E-state index contributed by atoms with van der Waals surface area (Å²) >= 11 is -0.173. The van der Waals surface area contributed by atoms with Crippen molar-refractivity contribution in [2.45, 2.75) is 24.9 Å². The first-order chi connectivity index (χ1) is 7.41. The summed E-state index contributed by atoms with van der Waals surface area (Å²) in [5.41, 5.74) is -1.21. The summed E-state index contributed by atoms with van der Waals surface area (Å²) in [7, 11) is 0. The highest BCUT2D eigenvalue weighted by Gasteiger charge is 2.75. The van der Waals surface area contributed by atoms with Gasteiger partial charge >= 0.3 is 18.0 Å². The van der Waals surface area contributed by atoms with Crippen LogP contribution in [-0.2, 0) is 5.67 Å². The molecule has 0 atom stereocenters. The SMILES string of the molecule is Cc1nc(N)sc1C(F)(C(F)(F)F)C(F)(F)F. The zero-order chi connectivity index (χ0) is 13.6. The highest BCUT2D eigenvalue weighted by Crippen LogP contribution is 2.55. The fraction of sp³-hybridized carbons (Fsp3) is 0.571. The molecule has 98 valence electrons. The van der Waals surface area contributed by atoms with E-state index in [1.54, 1.807) is 0 Å². The molecule has 0 saturated carbocycles. The van der Waals surface area contributed by atoms with Gasteiger partial charge in [-0.25, -0.2) is 9.37 Å². The Balaban J connectivity index is 3.52. The average molecular weight is 282 g/mol. The standard InChI is InChI=1S/C7H5F7N2S/c1-2-3(17-4(15)16-2)5(8,6(9,10)11)7(12,13)14/h1H3,(H2,15,16). The van der Waals surface area contributed by atoms with E-state index < -0.39 is 33.7 Å². The van der Waals surface area contributed by atoms with E-state index >= 15 is 0 Å². The van der Waals surface area contributed by atoms with Gasteiger partial charge in [-0.1, -0.05) is 11.3 Å². The molecule has 0 saturated heterocycles. The Labute approximate surface area is 94.2 Å². The maximum Gasteiger partial charge on any atom is 0.436 e. The van der Waals surface area contributed by atoms with Gasteiger partial charge in [0.25, 0.3) is 0 Å². The molecular formula is C7H5F7N2S. The summed E-state index contributed by atoms with van der Waals surface area (Å²) in [5.74, 6) is 0. The molecule has 1 aromatic heterocycles. The molecule has 0 fully saturated rings. The number of thiazole rings is 1. The minimum absolute atomic E-state index is 0.173. The number of halogens is 7. The van der Waals surface area contributed by atoms with Gasteiger partial charge in [-0.05, 0) is 6.92 Å². The smallest absolute Gasteiger partial charge is 0.375 e. The monoisotopic (exact) mass is 282 g/mol. The van der Waals surface area contributed by atoms with E-state index in [1.165, 1.54) is 0 Å². The average Bonchev–Trinajstić information content (AvgIpc) is 2.40. The molecule has 17 heavy (non-hydrogen) atoms. The fourth-order valence-corrected chi connectivity index (χ4v) is 2.11. The Kier molecular flexibility index (Phi) is 3.06. The van der Waals surface area contributed by atoms with Gasteiger partial charge in [0.2, 0.25) is 0 Å². The van der Waals surface area contributed by atoms with Crippen LogP contribution in [0.3, 0.4) is 0 Å². The van der Waals surface area contributed by atoms with Crippen molar-refractivity contribution in [3.05, 3.63) is 10.6 Å². The molecular weight excluding hydrogens is 277 g/mol. The van der Waals surface area contributed by atoms with Gasteiger partial charge in [0.05, 0.1) is 10.6 Å². The number of nitrogens with zero attached hydrogens (tertiary/aromatic N) is 1. The second-order valence-corrected chi connectivity index (χ2v) is 4.15. The number of hydrogen-bond acceptors (Lipinski definition) is 3. The van der Waals surface area contributed by atoms with Crippen LogP contribution in [0.2, 0.25) is 0 Å². The van der Waals surface area contributed by atoms with E-state index in [2.05, 4.69) is 4.98 Å². The lowest BCUT2D eigenvalue weighted by atomic mass is 10.0. The Bertz CT molecular complexity index is 405. The van der Waals surface area contributed by atoms with Gasteiger partial charge in [0, 0.05) is 0 Å². The third kappa shape index (κ3) is 2.05. The fourth-order valence-electron chi connectivity index (χ4n) is 1.16. The lowest BCUT2D eigenvalue weighted by Gasteiger charge is -2.29. The van der Waals surface area contributed by atoms with Crippen LogP contribution < -0.4 is 5.73 Å². The maximum atomic E-state index is 13.5. The first-order valence-corrected chi connectivity index (χ1v) is 4.78. The van der Waals surface area contributed by atoms with E-state index in [0.717, 1.165) is 6.92 Å². The molecule has 2 N–H and O–H groups in total. The minimum Gasteiger partial charge on any atom is -0.375 e. The normalized spacial score (nSPS) is 14.1. The summed E-state index contributed by atoms with van der Waals surface area (Å²) in [6, 6.07) is 0. The lowest BCUT2D eigenvalue weighted by Crippen LogP contribution is -2.50. The second-order valence-electron chi connectivity index (χ2n) is 3.12. The first kappa shape index (κ1) is 14.0. The van der Waals surface area contributed by atoms with Crippen molar-refractivity contribution in [1.82, 2.24) is 4.98 Å². The molecule has 0 amide bonds. The summed E-state index contributed by atoms with van der Waals surface area (Å²) in [6.45, 7) is 0.827. The highest BCUT2D eigenvalue weighted by molar-refractivity contribution is 7.15. The van der Waals surface area contributed by atoms with Crippen molar-refractivity contribution in [2.75, 3.05) is 5.73 Å². The van der Waals surface area contributed by atoms with Crippen molar-refractivity contribution in [3.63, 3.8) is 0 Å². The molecule has 0 bridgehead atoms. The number of anilines is 1. The van der Waals surface area contributed by atoms with Gasteiger partial charge in [0.1, 0.15) is 0 Å². The largest absolute Gasteiger partial charge is 0.436 e. The molecule has 0 unspecified atom stereocenters. The molecule has 1 aromatic rings. The summed E-state index contributed by atoms with van der Waals surface area (Å²) in [5, 5.41) is -0.562. The zero-order valence-corrected chi connectivity index (χ0v) is 8.90. The van der Waals surface area contributed by atoms with Crippen LogP contribution in [0, 0.1) is 6.92 Å². The van der Waals surface area contributed by atoms with Gasteiger partial charge < -0.3 is 5.73 Å². The number of nitrogen functional groups attached to an aromatic ring is 1. The summed E-state index contributed by atoms with van der Waals surface area (Å²) < 4.78 is 87.4. The maximum absolute atomic E-state index is 13.5. The van der Waals surface area contributed by atoms with Crippen LogP contribution in [0.25, 0.3) is 0 Å². The van der Waals surface area contributed by atoms with Crippen LogP contribution in [0.5, 0.6) is 0 Å². The highest BCUT2D eigenvalue weighted by atomic mass is 32.1. The predicted molar refractivity (Wildman–Crippen MR) is 46.2 cm³/mol. The van der Waals surface area contributed by atoms with Crippen LogP contribution in [0.15, 0.2) is 0 Å². The molecule has 0 aromatic carbocycles. The van der Waals surface area contributed by atoms with Gasteiger partial charge in [0.15, 0.2) is 5.13 Å². The predicted octanol–water partition coefficient (Wildman–Crippen LogP) is 3.32. The quantitative estimate of drug-likeness (QED) is 0.802. The van der Waals surface area contributed by atoms with Crippen molar-refractivity contribution < 1.29 is 30.7 Å². The van der Waals surface area contributed by atoms with Crippen molar-refractivity contribution in [1.29, 1.82) is 0 Å². The van der Waals surface area contributed by atoms with Gasteiger partial charge in [-0.3, -0.25) is 0 Å². The molecule has 10 heteroatoms. The van der Waals surface area contributed by atoms with Gasteiger partial charge in [-0.2, -0.15) is 26.3 Å². The lowest BCUT2D eigenvalue weighted by molar-refractivity contribution is -0.347. The van der Waals surface area contributed by atoms with E-state index in [0.29, 0.717) is 0 Å². The van der Waals surface area contributed by atoms with Crippen LogP contribution in [-0.4, -0.2) is 17.3 Å². The van der Waals surface area contributed by atoms with Crippen molar-refractivity contribution >= 4 is 16.5 Å². The Hall–Kier alpha value is -1.06. The molecule has 2 nitrogen and oxygen atoms in total. The molecule has 0 spiro atoms. The summed E-state index contributed by atoms with van der Waals surface area (Å²) in [4.78, 5) is 1.57. The number of nitrogens with two attached hydrogens (primary N) is 1. The third-order valence-electron chi connectivity index (χ3n) is 1.91. The van der Waals surface area contributed by atoms with Crippen molar-refractivity contribution in [3.8, 4) is 0 Å². The second kappa shape index (κ2) is 3.72. The Morgan fingerprint density at radius 3 is 1.65 bits per heavy atom. The van der Waals surface area contributed by atoms with Crippen LogP contribution in [0.4, 0.5) is 35.9 Å². The van der Waals surface area contributed by atoms with Gasteiger partial charge in [-0.15, -0.1) is 0 Å².